The number of nitrogens with zero attached hydrogens (tertiary/aromatic N) is 7. The van der Waals surface area contributed by atoms with E-state index in [4.69, 9.17) is 34.0 Å². The molecule has 0 saturated carbocycles. The van der Waals surface area contributed by atoms with E-state index >= 15 is 0 Å². The number of imidazole rings is 1. The summed E-state index contributed by atoms with van der Waals surface area (Å²) in [4.78, 5) is 28.5. The number of methoxy groups -OCH3 is 2. The summed E-state index contributed by atoms with van der Waals surface area (Å²) >= 11 is 0. The molecule has 0 spiro atoms. The van der Waals surface area contributed by atoms with Crippen LogP contribution >= 0.6 is 0 Å². The Kier molecular flexibility index (Phi) is 12.3. The van der Waals surface area contributed by atoms with Crippen LogP contribution in [-0.2, 0) is 17.8 Å². The number of piperazine rings is 1. The topological polar surface area (TPSA) is 127 Å². The van der Waals surface area contributed by atoms with Crippen molar-refractivity contribution in [3.8, 4) is 17.5 Å². The van der Waals surface area contributed by atoms with Crippen molar-refractivity contribution in [2.45, 2.75) is 72.3 Å². The number of ether oxygens (including phenoxy) is 4. The molecule has 292 valence electrons. The van der Waals surface area contributed by atoms with Gasteiger partial charge in [-0.1, -0.05) is 49.7 Å². The highest BCUT2D eigenvalue weighted by Crippen LogP contribution is 2.32. The van der Waals surface area contributed by atoms with Crippen LogP contribution in [0.2, 0.25) is 0 Å². The number of fused-ring (bicyclic) bond motifs is 1. The third-order valence-electron chi connectivity index (χ3n) is 9.53. The molecule has 3 heterocycles. The van der Waals surface area contributed by atoms with Crippen molar-refractivity contribution >= 4 is 23.2 Å². The Hall–Kier alpha value is -5.56. The average Bonchev–Trinajstić information content (AvgIpc) is 3.61. The number of rotatable bonds is 14. The molecule has 0 aliphatic carbocycles. The molecular weight excluding hydrogens is 699 g/mol. The van der Waals surface area contributed by atoms with Gasteiger partial charge in [-0.05, 0) is 86.7 Å². The number of aliphatic hydroxyl groups is 1. The van der Waals surface area contributed by atoms with E-state index in [0.717, 1.165) is 46.7 Å². The van der Waals surface area contributed by atoms with Crippen LogP contribution in [0.5, 0.6) is 17.5 Å². The summed E-state index contributed by atoms with van der Waals surface area (Å²) in [7, 11) is 3.31. The van der Waals surface area contributed by atoms with Crippen LogP contribution in [0.25, 0.3) is 5.65 Å². The highest BCUT2D eigenvalue weighted by atomic mass is 16.6. The number of anilines is 2. The number of aryl methyl sites for hydroxylation is 1. The van der Waals surface area contributed by atoms with E-state index < -0.39 is 11.7 Å². The first-order valence-electron chi connectivity index (χ1n) is 18.9. The lowest BCUT2D eigenvalue weighted by molar-refractivity contribution is 0.0240. The van der Waals surface area contributed by atoms with Gasteiger partial charge in [-0.15, -0.1) is 5.10 Å². The van der Waals surface area contributed by atoms with Gasteiger partial charge >= 0.3 is 12.1 Å². The number of aromatic nitrogens is 4. The number of carbonyl (C=O) groups excluding carboxylic acids is 1. The molecule has 1 aliphatic rings. The van der Waals surface area contributed by atoms with E-state index in [1.54, 1.807) is 29.8 Å². The van der Waals surface area contributed by atoms with E-state index in [1.165, 1.54) is 0 Å². The van der Waals surface area contributed by atoms with Crippen LogP contribution in [0, 0.1) is 6.92 Å². The maximum absolute atomic E-state index is 12.6. The van der Waals surface area contributed by atoms with Crippen LogP contribution in [-0.4, -0.2) is 88.3 Å². The van der Waals surface area contributed by atoms with E-state index in [2.05, 4.69) is 16.7 Å². The third-order valence-corrected chi connectivity index (χ3v) is 9.53. The minimum Gasteiger partial charge on any atom is -0.497 e. The molecule has 55 heavy (non-hydrogen) atoms. The van der Waals surface area contributed by atoms with Gasteiger partial charge in [0.2, 0.25) is 0 Å². The zero-order valence-corrected chi connectivity index (χ0v) is 33.0. The van der Waals surface area contributed by atoms with Crippen LogP contribution in [0.15, 0.2) is 72.9 Å². The van der Waals surface area contributed by atoms with E-state index in [0.29, 0.717) is 68.6 Å². The van der Waals surface area contributed by atoms with Crippen molar-refractivity contribution in [1.82, 2.24) is 24.5 Å². The Labute approximate surface area is 323 Å². The van der Waals surface area contributed by atoms with Gasteiger partial charge in [0.25, 0.3) is 0 Å². The molecule has 1 aliphatic heterocycles. The highest BCUT2D eigenvalue weighted by molar-refractivity contribution is 5.69. The van der Waals surface area contributed by atoms with Crippen molar-refractivity contribution in [3.05, 3.63) is 101 Å². The van der Waals surface area contributed by atoms with Gasteiger partial charge in [0.05, 0.1) is 32.7 Å². The number of hydrogen-bond donors (Lipinski definition) is 1. The van der Waals surface area contributed by atoms with Crippen LogP contribution in [0.1, 0.15) is 74.6 Å². The first kappa shape index (κ1) is 39.1. The van der Waals surface area contributed by atoms with Gasteiger partial charge in [-0.25, -0.2) is 14.3 Å². The molecule has 0 radical (unpaired) electrons. The molecule has 3 aromatic carbocycles. The molecule has 1 amide bonds. The Morgan fingerprint density at radius 1 is 0.909 bits per heavy atom. The Bertz CT molecular complexity index is 1990. The molecule has 5 aromatic rings. The fourth-order valence-electron chi connectivity index (χ4n) is 6.57. The predicted octanol–water partition coefficient (Wildman–Crippen LogP) is 6.97. The predicted molar refractivity (Wildman–Crippen MR) is 212 cm³/mol. The standard InChI is InChI=1S/C42H53N7O6/c1-8-9-24-54-40-44-39(48(27-30-10-15-33(52-6)16-11-30)28-31-12-17-34(53-7)18-13-31)38-43-26-36(49(38)45-40)37(50)32-14-19-35(29(2)25-32)46-20-22-47(23-21-46)41(51)55-42(3,4)5/h10-19,25-26,37,50H,8-9,20-24,27-28H2,1-7H3. The zero-order valence-electron chi connectivity index (χ0n) is 33.0. The first-order chi connectivity index (χ1) is 26.5. The van der Waals surface area contributed by atoms with Crippen molar-refractivity contribution in [2.75, 3.05) is 56.8 Å². The molecule has 13 nitrogen and oxygen atoms in total. The largest absolute Gasteiger partial charge is 0.497 e. The summed E-state index contributed by atoms with van der Waals surface area (Å²) in [6.45, 7) is 13.7. The maximum atomic E-state index is 12.6. The van der Waals surface area contributed by atoms with Crippen LogP contribution in [0.4, 0.5) is 16.3 Å². The van der Waals surface area contributed by atoms with E-state index in [9.17, 15) is 9.90 Å². The number of aliphatic hydroxyl groups excluding tert-OH is 1. The van der Waals surface area contributed by atoms with Gasteiger partial charge < -0.3 is 38.8 Å². The summed E-state index contributed by atoms with van der Waals surface area (Å²) in [5, 5.41) is 16.7. The summed E-state index contributed by atoms with van der Waals surface area (Å²) < 4.78 is 24.2. The normalized spacial score (nSPS) is 13.8. The molecule has 1 N–H and O–H groups in total. The molecule has 1 fully saturated rings. The monoisotopic (exact) mass is 751 g/mol. The Morgan fingerprint density at radius 2 is 1.53 bits per heavy atom. The third kappa shape index (κ3) is 9.58. The maximum Gasteiger partial charge on any atom is 0.410 e. The van der Waals surface area contributed by atoms with Crippen molar-refractivity contribution in [3.63, 3.8) is 0 Å². The van der Waals surface area contributed by atoms with Crippen molar-refractivity contribution in [1.29, 1.82) is 0 Å². The second-order valence-electron chi connectivity index (χ2n) is 14.8. The second-order valence-corrected chi connectivity index (χ2v) is 14.8. The number of unbranched alkanes of at least 4 members (excludes halogenated alkanes) is 1. The number of benzene rings is 3. The van der Waals surface area contributed by atoms with E-state index in [-0.39, 0.29) is 12.1 Å². The fraction of sp³-hybridized carbons (Fsp3) is 0.429. The smallest absolute Gasteiger partial charge is 0.410 e. The van der Waals surface area contributed by atoms with Gasteiger partial charge in [0.15, 0.2) is 11.5 Å². The van der Waals surface area contributed by atoms with Crippen LogP contribution < -0.4 is 24.0 Å². The lowest BCUT2D eigenvalue weighted by Gasteiger charge is -2.37. The number of hydrogen-bond acceptors (Lipinski definition) is 11. The second kappa shape index (κ2) is 17.3. The average molecular weight is 752 g/mol. The first-order valence-corrected chi connectivity index (χ1v) is 18.9. The Balaban J connectivity index is 1.31. The van der Waals surface area contributed by atoms with Gasteiger partial charge in [-0.3, -0.25) is 0 Å². The van der Waals surface area contributed by atoms with E-state index in [1.807, 2.05) is 94.4 Å². The molecule has 0 bridgehead atoms. The summed E-state index contributed by atoms with van der Waals surface area (Å²) in [6, 6.07) is 22.1. The molecule has 1 unspecified atom stereocenters. The summed E-state index contributed by atoms with van der Waals surface area (Å²) in [5.74, 6) is 2.12. The molecule has 2 aromatic heterocycles. The number of carbonyl (C=O) groups is 1. The number of amides is 1. The molecule has 1 saturated heterocycles. The van der Waals surface area contributed by atoms with Gasteiger partial charge in [0, 0.05) is 45.0 Å². The van der Waals surface area contributed by atoms with Gasteiger partial charge in [-0.2, -0.15) is 4.98 Å². The zero-order chi connectivity index (χ0) is 39.1. The van der Waals surface area contributed by atoms with Gasteiger partial charge in [0.1, 0.15) is 23.2 Å². The van der Waals surface area contributed by atoms with Crippen molar-refractivity contribution in [2.24, 2.45) is 0 Å². The molecule has 1 atom stereocenters. The lowest BCUT2D eigenvalue weighted by atomic mass is 10.0. The fourth-order valence-corrected chi connectivity index (χ4v) is 6.57. The van der Waals surface area contributed by atoms with Crippen LogP contribution in [0.3, 0.4) is 0 Å². The lowest BCUT2D eigenvalue weighted by Crippen LogP contribution is -2.50. The quantitative estimate of drug-likeness (QED) is 0.118. The molecular formula is C42H53N7O6. The summed E-state index contributed by atoms with van der Waals surface area (Å²) in [5.41, 5.74) is 5.33. The summed E-state index contributed by atoms with van der Waals surface area (Å²) in [6.07, 6.45) is 2.14. The highest BCUT2D eigenvalue weighted by Gasteiger charge is 2.28. The molecule has 6 rings (SSSR count). The Morgan fingerprint density at radius 3 is 2.07 bits per heavy atom. The minimum absolute atomic E-state index is 0.203. The molecule has 13 heteroatoms. The SMILES string of the molecule is CCCCOc1nc(N(Cc2ccc(OC)cc2)Cc2ccc(OC)cc2)c2ncc(C(O)c3ccc(N4CCN(C(=O)OC(C)(C)C)CC4)c(C)c3)n2n1. The minimum atomic E-state index is -1.03. The van der Waals surface area contributed by atoms with Crippen molar-refractivity contribution < 1.29 is 28.8 Å².